The molecule has 1 spiro atoms. The minimum absolute atomic E-state index is 0.510. The third kappa shape index (κ3) is 1.60. The van der Waals surface area contributed by atoms with Crippen LogP contribution < -0.4 is 0 Å². The highest BCUT2D eigenvalue weighted by Gasteiger charge is 2.68. The summed E-state index contributed by atoms with van der Waals surface area (Å²) in [6.07, 6.45) is 11.1. The Labute approximate surface area is 126 Å². The molecule has 0 aliphatic heterocycles. The minimum atomic E-state index is 0.510. The highest BCUT2D eigenvalue weighted by molar-refractivity contribution is 5.31. The zero-order chi connectivity index (χ0) is 14.8. The molecule has 3 atom stereocenters. The summed E-state index contributed by atoms with van der Waals surface area (Å²) in [6, 6.07) is 0. The number of rotatable bonds is 3. The first kappa shape index (κ1) is 14.7. The Morgan fingerprint density at radius 2 is 1.80 bits per heavy atom. The lowest BCUT2D eigenvalue weighted by Crippen LogP contribution is -2.49. The average Bonchev–Trinajstić information content (AvgIpc) is 2.90. The monoisotopic (exact) mass is 274 g/mol. The molecule has 3 rings (SSSR count). The maximum absolute atomic E-state index is 2.68. The summed E-state index contributed by atoms with van der Waals surface area (Å²) in [6.45, 7) is 15.1. The Kier molecular flexibility index (Phi) is 3.20. The number of fused-ring (bicyclic) bond motifs is 1. The van der Waals surface area contributed by atoms with Crippen molar-refractivity contribution in [3.63, 3.8) is 0 Å². The van der Waals surface area contributed by atoms with Crippen LogP contribution in [0.2, 0.25) is 0 Å². The molecule has 2 saturated carbocycles. The van der Waals surface area contributed by atoms with Gasteiger partial charge in [-0.05, 0) is 72.5 Å². The van der Waals surface area contributed by atoms with Gasteiger partial charge < -0.3 is 0 Å². The van der Waals surface area contributed by atoms with Crippen molar-refractivity contribution >= 4 is 0 Å². The highest BCUT2D eigenvalue weighted by Crippen LogP contribution is 2.76. The molecule has 0 aromatic carbocycles. The maximum atomic E-state index is 2.68. The molecule has 0 heterocycles. The Morgan fingerprint density at radius 1 is 1.15 bits per heavy atom. The second-order valence-corrected chi connectivity index (χ2v) is 9.16. The van der Waals surface area contributed by atoms with Gasteiger partial charge in [-0.1, -0.05) is 53.2 Å². The fraction of sp³-hybridized carbons (Fsp3) is 0.900. The van der Waals surface area contributed by atoms with E-state index in [0.29, 0.717) is 16.2 Å². The topological polar surface area (TPSA) is 0 Å². The SMILES string of the molecule is CCC(CC)C1=CCC(C)(C)C23CCC(C2)C(C)(C)C13. The summed E-state index contributed by atoms with van der Waals surface area (Å²) in [4.78, 5) is 0. The fourth-order valence-corrected chi connectivity index (χ4v) is 6.53. The molecule has 114 valence electrons. The molecular weight excluding hydrogens is 240 g/mol. The van der Waals surface area contributed by atoms with E-state index >= 15 is 0 Å². The molecule has 0 nitrogen and oxygen atoms in total. The summed E-state index contributed by atoms with van der Waals surface area (Å²) in [7, 11) is 0. The molecule has 2 bridgehead atoms. The van der Waals surface area contributed by atoms with Crippen molar-refractivity contribution in [1.29, 1.82) is 0 Å². The molecular formula is C20H34. The minimum Gasteiger partial charge on any atom is -0.0842 e. The summed E-state index contributed by atoms with van der Waals surface area (Å²) in [5, 5.41) is 0. The fourth-order valence-electron chi connectivity index (χ4n) is 6.53. The van der Waals surface area contributed by atoms with Crippen LogP contribution in [-0.2, 0) is 0 Å². The van der Waals surface area contributed by atoms with Gasteiger partial charge in [0.15, 0.2) is 0 Å². The molecule has 0 amide bonds. The van der Waals surface area contributed by atoms with Gasteiger partial charge in [0.2, 0.25) is 0 Å². The van der Waals surface area contributed by atoms with Crippen molar-refractivity contribution in [2.45, 2.75) is 80.1 Å². The molecule has 0 saturated heterocycles. The summed E-state index contributed by atoms with van der Waals surface area (Å²) >= 11 is 0. The largest absolute Gasteiger partial charge is 0.0842 e. The Balaban J connectivity index is 2.10. The van der Waals surface area contributed by atoms with E-state index in [1.165, 1.54) is 38.5 Å². The van der Waals surface area contributed by atoms with Gasteiger partial charge in [-0.25, -0.2) is 0 Å². The van der Waals surface area contributed by atoms with Crippen LogP contribution in [0, 0.1) is 34.0 Å². The standard InChI is InChI=1S/C20H34/c1-7-14(8-2)16-10-11-18(3,4)20-12-9-15(13-20)19(5,6)17(16)20/h10,14-15,17H,7-9,11-13H2,1-6H3. The molecule has 0 aromatic rings. The first-order chi connectivity index (χ1) is 9.30. The molecule has 20 heavy (non-hydrogen) atoms. The third-order valence-electron chi connectivity index (χ3n) is 7.88. The lowest BCUT2D eigenvalue weighted by atomic mass is 9.48. The quantitative estimate of drug-likeness (QED) is 0.536. The smallest absolute Gasteiger partial charge is 0.00845 e. The number of allylic oxidation sites excluding steroid dienone is 2. The van der Waals surface area contributed by atoms with Gasteiger partial charge in [-0.3, -0.25) is 0 Å². The van der Waals surface area contributed by atoms with Crippen LogP contribution in [0.25, 0.3) is 0 Å². The van der Waals surface area contributed by atoms with E-state index in [9.17, 15) is 0 Å². The second-order valence-electron chi connectivity index (χ2n) is 9.16. The Morgan fingerprint density at radius 3 is 2.40 bits per heavy atom. The van der Waals surface area contributed by atoms with Crippen molar-refractivity contribution in [3.05, 3.63) is 11.6 Å². The van der Waals surface area contributed by atoms with E-state index in [1.54, 1.807) is 0 Å². The summed E-state index contributed by atoms with van der Waals surface area (Å²) in [5.41, 5.74) is 3.52. The summed E-state index contributed by atoms with van der Waals surface area (Å²) < 4.78 is 0. The number of hydrogen-bond acceptors (Lipinski definition) is 0. The van der Waals surface area contributed by atoms with E-state index in [-0.39, 0.29) is 0 Å². The van der Waals surface area contributed by atoms with Gasteiger partial charge in [0.25, 0.3) is 0 Å². The van der Waals surface area contributed by atoms with Crippen LogP contribution in [0.5, 0.6) is 0 Å². The van der Waals surface area contributed by atoms with Gasteiger partial charge in [0.05, 0.1) is 0 Å². The van der Waals surface area contributed by atoms with Crippen molar-refractivity contribution in [2.75, 3.05) is 0 Å². The van der Waals surface area contributed by atoms with E-state index in [0.717, 1.165) is 17.8 Å². The maximum Gasteiger partial charge on any atom is -0.00845 e. The first-order valence-corrected chi connectivity index (χ1v) is 9.00. The van der Waals surface area contributed by atoms with Crippen molar-refractivity contribution in [3.8, 4) is 0 Å². The number of hydrogen-bond donors (Lipinski definition) is 0. The van der Waals surface area contributed by atoms with Crippen LogP contribution in [0.15, 0.2) is 11.6 Å². The Hall–Kier alpha value is -0.260. The molecule has 3 aliphatic rings. The predicted molar refractivity (Wildman–Crippen MR) is 87.6 cm³/mol. The normalized spacial score (nSPS) is 40.9. The van der Waals surface area contributed by atoms with E-state index in [1.807, 2.05) is 5.57 Å². The van der Waals surface area contributed by atoms with E-state index in [4.69, 9.17) is 0 Å². The van der Waals surface area contributed by atoms with E-state index in [2.05, 4.69) is 47.6 Å². The average molecular weight is 274 g/mol. The molecule has 0 radical (unpaired) electrons. The second kappa shape index (κ2) is 4.37. The van der Waals surface area contributed by atoms with Gasteiger partial charge in [0.1, 0.15) is 0 Å². The third-order valence-corrected chi connectivity index (χ3v) is 7.88. The molecule has 0 heteroatoms. The van der Waals surface area contributed by atoms with Crippen molar-refractivity contribution in [2.24, 2.45) is 34.0 Å². The van der Waals surface area contributed by atoms with Crippen LogP contribution in [0.4, 0.5) is 0 Å². The lowest BCUT2D eigenvalue weighted by molar-refractivity contribution is -0.0210. The molecule has 3 aliphatic carbocycles. The molecule has 2 fully saturated rings. The van der Waals surface area contributed by atoms with Crippen molar-refractivity contribution in [1.82, 2.24) is 0 Å². The van der Waals surface area contributed by atoms with Gasteiger partial charge >= 0.3 is 0 Å². The van der Waals surface area contributed by atoms with E-state index < -0.39 is 0 Å². The van der Waals surface area contributed by atoms with Gasteiger partial charge in [-0.2, -0.15) is 0 Å². The van der Waals surface area contributed by atoms with Crippen LogP contribution in [-0.4, -0.2) is 0 Å². The van der Waals surface area contributed by atoms with Crippen molar-refractivity contribution < 1.29 is 0 Å². The predicted octanol–water partition coefficient (Wildman–Crippen LogP) is 6.22. The van der Waals surface area contributed by atoms with Gasteiger partial charge in [-0.15, -0.1) is 0 Å². The van der Waals surface area contributed by atoms with Gasteiger partial charge in [0, 0.05) is 0 Å². The van der Waals surface area contributed by atoms with Crippen LogP contribution in [0.1, 0.15) is 80.1 Å². The van der Waals surface area contributed by atoms with Crippen LogP contribution >= 0.6 is 0 Å². The highest BCUT2D eigenvalue weighted by atomic mass is 14.7. The zero-order valence-corrected chi connectivity index (χ0v) is 14.6. The molecule has 3 unspecified atom stereocenters. The first-order valence-electron chi connectivity index (χ1n) is 9.00. The van der Waals surface area contributed by atoms with Crippen LogP contribution in [0.3, 0.4) is 0 Å². The zero-order valence-electron chi connectivity index (χ0n) is 14.6. The molecule has 0 N–H and O–H groups in total. The molecule has 0 aromatic heterocycles. The summed E-state index contributed by atoms with van der Waals surface area (Å²) in [5.74, 6) is 2.68. The lowest BCUT2D eigenvalue weighted by Gasteiger charge is -2.57. The Bertz CT molecular complexity index is 421.